The molecule has 0 radical (unpaired) electrons. The summed E-state index contributed by atoms with van der Waals surface area (Å²) in [4.78, 5) is 13.6. The Hall–Kier alpha value is -1.22. The smallest absolute Gasteiger partial charge is 0.351 e. The maximum Gasteiger partial charge on any atom is 0.351 e. The van der Waals surface area contributed by atoms with E-state index in [1.165, 1.54) is 6.92 Å². The van der Waals surface area contributed by atoms with Crippen LogP contribution in [0.5, 0.6) is 0 Å². The summed E-state index contributed by atoms with van der Waals surface area (Å²) >= 11 is 6.13. The molecule has 0 spiro atoms. The standard InChI is InChI=1S/C10H13ClFN3O4/c1-10(11)6(17)5(3-16)19-8(10)15-2-4(12)7(13)14-9(15)18/h2,5-6,8,16-17H,3H2,1H3,(H2,13,14,18). The number of nitrogens with zero attached hydrogens (tertiary/aromatic N) is 2. The topological polar surface area (TPSA) is 111 Å². The molecular formula is C10H13ClFN3O4. The number of alkyl halides is 1. The summed E-state index contributed by atoms with van der Waals surface area (Å²) in [6, 6.07) is 0. The van der Waals surface area contributed by atoms with Gasteiger partial charge >= 0.3 is 5.69 Å². The van der Waals surface area contributed by atoms with Crippen molar-refractivity contribution in [3.8, 4) is 0 Å². The number of nitrogen functional groups attached to an aromatic ring is 1. The molecule has 2 rings (SSSR count). The highest BCUT2D eigenvalue weighted by Gasteiger charge is 2.53. The summed E-state index contributed by atoms with van der Waals surface area (Å²) in [5.74, 6) is -1.44. The molecular weight excluding hydrogens is 281 g/mol. The Balaban J connectivity index is 2.48. The largest absolute Gasteiger partial charge is 0.394 e. The Morgan fingerprint density at radius 1 is 1.74 bits per heavy atom. The highest BCUT2D eigenvalue weighted by atomic mass is 35.5. The predicted octanol–water partition coefficient (Wildman–Crippen LogP) is -0.787. The number of aromatic nitrogens is 2. The van der Waals surface area contributed by atoms with Crippen molar-refractivity contribution in [1.29, 1.82) is 0 Å². The van der Waals surface area contributed by atoms with E-state index in [1.807, 2.05) is 0 Å². The van der Waals surface area contributed by atoms with Crippen LogP contribution < -0.4 is 11.4 Å². The number of anilines is 1. The lowest BCUT2D eigenvalue weighted by atomic mass is 10.0. The van der Waals surface area contributed by atoms with E-state index in [0.717, 1.165) is 10.8 Å². The summed E-state index contributed by atoms with van der Waals surface area (Å²) in [6.45, 7) is 0.930. The van der Waals surface area contributed by atoms with Crippen LogP contribution in [0.2, 0.25) is 0 Å². The van der Waals surface area contributed by atoms with Crippen LogP contribution in [0, 0.1) is 5.82 Å². The number of ether oxygens (including phenoxy) is 1. The first-order valence-corrected chi connectivity index (χ1v) is 5.84. The molecule has 1 aromatic heterocycles. The third-order valence-corrected chi connectivity index (χ3v) is 3.49. The minimum absolute atomic E-state index is 0.486. The molecule has 1 aromatic rings. The van der Waals surface area contributed by atoms with E-state index >= 15 is 0 Å². The zero-order valence-electron chi connectivity index (χ0n) is 9.96. The van der Waals surface area contributed by atoms with Crippen LogP contribution >= 0.6 is 11.6 Å². The average molecular weight is 294 g/mol. The van der Waals surface area contributed by atoms with E-state index < -0.39 is 47.2 Å². The fraction of sp³-hybridized carbons (Fsp3) is 0.600. The van der Waals surface area contributed by atoms with E-state index in [9.17, 15) is 14.3 Å². The van der Waals surface area contributed by atoms with Gasteiger partial charge in [0.2, 0.25) is 0 Å². The first-order valence-electron chi connectivity index (χ1n) is 5.46. The third kappa shape index (κ3) is 2.20. The Kier molecular flexibility index (Phi) is 3.52. The highest BCUT2D eigenvalue weighted by Crippen LogP contribution is 2.42. The summed E-state index contributed by atoms with van der Waals surface area (Å²) < 4.78 is 19.5. The number of hydrogen-bond donors (Lipinski definition) is 3. The highest BCUT2D eigenvalue weighted by molar-refractivity contribution is 6.24. The number of hydrogen-bond acceptors (Lipinski definition) is 6. The molecule has 0 saturated carbocycles. The van der Waals surface area contributed by atoms with Crippen molar-refractivity contribution in [2.24, 2.45) is 0 Å². The second kappa shape index (κ2) is 4.71. The van der Waals surface area contributed by atoms with Crippen LogP contribution in [0.25, 0.3) is 0 Å². The molecule has 0 aromatic carbocycles. The number of aliphatic hydroxyl groups is 2. The number of rotatable bonds is 2. The SMILES string of the molecule is CC1(Cl)C(O)C(CO)OC1n1cc(F)c(N)nc1=O. The fourth-order valence-electron chi connectivity index (χ4n) is 1.99. The molecule has 9 heteroatoms. The van der Waals surface area contributed by atoms with Gasteiger partial charge in [0.25, 0.3) is 0 Å². The molecule has 106 valence electrons. The maximum atomic E-state index is 13.4. The van der Waals surface area contributed by atoms with Crippen molar-refractivity contribution in [1.82, 2.24) is 9.55 Å². The van der Waals surface area contributed by atoms with Gasteiger partial charge in [-0.25, -0.2) is 9.18 Å². The van der Waals surface area contributed by atoms with Gasteiger partial charge < -0.3 is 20.7 Å². The monoisotopic (exact) mass is 293 g/mol. The lowest BCUT2D eigenvalue weighted by Crippen LogP contribution is -2.42. The average Bonchev–Trinajstić information content (AvgIpc) is 2.56. The van der Waals surface area contributed by atoms with Crippen molar-refractivity contribution in [3.05, 3.63) is 22.5 Å². The van der Waals surface area contributed by atoms with E-state index in [0.29, 0.717) is 0 Å². The van der Waals surface area contributed by atoms with Crippen molar-refractivity contribution < 1.29 is 19.3 Å². The first-order chi connectivity index (χ1) is 8.78. The molecule has 1 aliphatic heterocycles. The van der Waals surface area contributed by atoms with Crippen LogP contribution in [-0.4, -0.2) is 43.5 Å². The van der Waals surface area contributed by atoms with Gasteiger partial charge in [-0.05, 0) is 6.92 Å². The molecule has 2 heterocycles. The Bertz CT molecular complexity index is 550. The molecule has 1 aliphatic rings. The van der Waals surface area contributed by atoms with Crippen LogP contribution in [0.4, 0.5) is 10.2 Å². The summed E-state index contributed by atoms with van der Waals surface area (Å²) in [6.07, 6.45) is -2.56. The summed E-state index contributed by atoms with van der Waals surface area (Å²) in [5, 5.41) is 19.0. The molecule has 4 atom stereocenters. The number of halogens is 2. The van der Waals surface area contributed by atoms with Crippen molar-refractivity contribution in [2.75, 3.05) is 12.3 Å². The van der Waals surface area contributed by atoms with Gasteiger partial charge in [-0.1, -0.05) is 0 Å². The summed E-state index contributed by atoms with van der Waals surface area (Å²) in [5.41, 5.74) is 4.31. The Labute approximate surface area is 112 Å². The van der Waals surface area contributed by atoms with Gasteiger partial charge in [-0.15, -0.1) is 11.6 Å². The van der Waals surface area contributed by atoms with Crippen molar-refractivity contribution in [3.63, 3.8) is 0 Å². The van der Waals surface area contributed by atoms with Gasteiger partial charge in [0.1, 0.15) is 17.1 Å². The quantitative estimate of drug-likeness (QED) is 0.617. The molecule has 1 saturated heterocycles. The third-order valence-electron chi connectivity index (χ3n) is 3.08. The van der Waals surface area contributed by atoms with Crippen molar-refractivity contribution >= 4 is 17.4 Å². The van der Waals surface area contributed by atoms with Crippen LogP contribution in [0.3, 0.4) is 0 Å². The second-order valence-electron chi connectivity index (χ2n) is 4.47. The fourth-order valence-corrected chi connectivity index (χ4v) is 2.29. The molecule has 0 amide bonds. The van der Waals surface area contributed by atoms with E-state index in [4.69, 9.17) is 27.2 Å². The van der Waals surface area contributed by atoms with Crippen LogP contribution in [0.15, 0.2) is 11.0 Å². The van der Waals surface area contributed by atoms with Crippen molar-refractivity contribution in [2.45, 2.75) is 30.2 Å². The molecule has 19 heavy (non-hydrogen) atoms. The molecule has 4 N–H and O–H groups in total. The summed E-state index contributed by atoms with van der Waals surface area (Å²) in [7, 11) is 0. The van der Waals surface area contributed by atoms with Crippen LogP contribution in [0.1, 0.15) is 13.2 Å². The zero-order valence-corrected chi connectivity index (χ0v) is 10.7. The normalized spacial score (nSPS) is 34.7. The van der Waals surface area contributed by atoms with Gasteiger partial charge in [0, 0.05) is 0 Å². The van der Waals surface area contributed by atoms with Gasteiger partial charge in [-0.3, -0.25) is 4.57 Å². The Morgan fingerprint density at radius 3 is 2.89 bits per heavy atom. The Morgan fingerprint density at radius 2 is 2.37 bits per heavy atom. The predicted molar refractivity (Wildman–Crippen MR) is 64.1 cm³/mol. The minimum Gasteiger partial charge on any atom is -0.394 e. The van der Waals surface area contributed by atoms with Crippen LogP contribution in [-0.2, 0) is 4.74 Å². The van der Waals surface area contributed by atoms with Gasteiger partial charge in [-0.2, -0.15) is 4.98 Å². The molecule has 1 fully saturated rings. The van der Waals surface area contributed by atoms with Gasteiger partial charge in [0.05, 0.1) is 12.8 Å². The second-order valence-corrected chi connectivity index (χ2v) is 5.28. The van der Waals surface area contributed by atoms with E-state index in [1.54, 1.807) is 0 Å². The lowest BCUT2D eigenvalue weighted by molar-refractivity contribution is -0.0472. The first kappa shape index (κ1) is 14.2. The molecule has 0 aliphatic carbocycles. The zero-order chi connectivity index (χ0) is 14.4. The number of nitrogens with two attached hydrogens (primary N) is 1. The van der Waals surface area contributed by atoms with E-state index in [-0.39, 0.29) is 0 Å². The number of aliphatic hydroxyl groups excluding tert-OH is 2. The molecule has 0 bridgehead atoms. The maximum absolute atomic E-state index is 13.4. The van der Waals surface area contributed by atoms with E-state index in [2.05, 4.69) is 4.98 Å². The lowest BCUT2D eigenvalue weighted by Gasteiger charge is -2.26. The molecule has 7 nitrogen and oxygen atoms in total. The molecule has 4 unspecified atom stereocenters. The van der Waals surface area contributed by atoms with Gasteiger partial charge in [0.15, 0.2) is 17.9 Å². The minimum atomic E-state index is -1.42.